The summed E-state index contributed by atoms with van der Waals surface area (Å²) in [5, 5.41) is 7.12. The Hall–Kier alpha value is -1.63. The minimum Gasteiger partial charge on any atom is -0.475 e. The molecule has 0 aliphatic rings. The summed E-state index contributed by atoms with van der Waals surface area (Å²) in [5.74, 6) is -2.76. The first kappa shape index (κ1) is 15.4. The lowest BCUT2D eigenvalue weighted by atomic mass is 10.3. The molecular formula is C10H13F3NO3+. The van der Waals surface area contributed by atoms with Gasteiger partial charge in [-0.05, 0) is 5.56 Å². The molecule has 0 fully saturated rings. The van der Waals surface area contributed by atoms with Gasteiger partial charge < -0.3 is 9.84 Å². The fraction of sp³-hybridized carbons (Fsp3) is 0.400. The number of aliphatic carboxylic acids is 1. The molecule has 0 bridgehead atoms. The molecule has 0 unspecified atom stereocenters. The van der Waals surface area contributed by atoms with Crippen LogP contribution >= 0.6 is 0 Å². The molecule has 4 nitrogen and oxygen atoms in total. The molecule has 0 saturated carbocycles. The minimum atomic E-state index is -5.08. The Morgan fingerprint density at radius 3 is 2.12 bits per heavy atom. The molecule has 17 heavy (non-hydrogen) atoms. The van der Waals surface area contributed by atoms with Crippen molar-refractivity contribution in [2.75, 3.05) is 7.11 Å². The SMILES string of the molecule is COCc1cc[n+](C)cc1.O=C(O)C(F)(F)F. The number of methoxy groups -OCH3 is 1. The van der Waals surface area contributed by atoms with Gasteiger partial charge in [-0.15, -0.1) is 0 Å². The highest BCUT2D eigenvalue weighted by Gasteiger charge is 2.38. The summed E-state index contributed by atoms with van der Waals surface area (Å²) in [5.41, 5.74) is 1.21. The summed E-state index contributed by atoms with van der Waals surface area (Å²) in [6, 6.07) is 4.09. The van der Waals surface area contributed by atoms with E-state index in [0.29, 0.717) is 6.61 Å². The average Bonchev–Trinajstić information content (AvgIpc) is 2.21. The monoisotopic (exact) mass is 252 g/mol. The van der Waals surface area contributed by atoms with E-state index in [9.17, 15) is 13.2 Å². The van der Waals surface area contributed by atoms with Gasteiger partial charge in [0.15, 0.2) is 12.4 Å². The molecule has 0 atom stereocenters. The summed E-state index contributed by atoms with van der Waals surface area (Å²) in [4.78, 5) is 8.90. The molecule has 1 rings (SSSR count). The van der Waals surface area contributed by atoms with Crippen LogP contribution in [-0.2, 0) is 23.2 Å². The van der Waals surface area contributed by atoms with Crippen molar-refractivity contribution in [3.8, 4) is 0 Å². The maximum absolute atomic E-state index is 10.6. The second-order valence-electron chi connectivity index (χ2n) is 3.11. The van der Waals surface area contributed by atoms with Crippen LogP contribution in [0.3, 0.4) is 0 Å². The van der Waals surface area contributed by atoms with E-state index < -0.39 is 12.1 Å². The van der Waals surface area contributed by atoms with Crippen molar-refractivity contribution in [3.63, 3.8) is 0 Å². The van der Waals surface area contributed by atoms with Gasteiger partial charge in [0.2, 0.25) is 0 Å². The zero-order valence-corrected chi connectivity index (χ0v) is 9.36. The highest BCUT2D eigenvalue weighted by Crippen LogP contribution is 2.13. The average molecular weight is 252 g/mol. The fourth-order valence-electron chi connectivity index (χ4n) is 0.795. The molecule has 7 heteroatoms. The van der Waals surface area contributed by atoms with Crippen molar-refractivity contribution < 1.29 is 32.4 Å². The van der Waals surface area contributed by atoms with E-state index in [2.05, 4.69) is 0 Å². The summed E-state index contributed by atoms with van der Waals surface area (Å²) in [7, 11) is 3.70. The Bertz CT molecular complexity index is 349. The molecule has 1 N–H and O–H groups in total. The van der Waals surface area contributed by atoms with Gasteiger partial charge in [-0.25, -0.2) is 9.36 Å². The Balaban J connectivity index is 0.000000325. The van der Waals surface area contributed by atoms with Gasteiger partial charge in [0.1, 0.15) is 7.05 Å². The molecule has 0 radical (unpaired) electrons. The second kappa shape index (κ2) is 6.85. The van der Waals surface area contributed by atoms with E-state index in [-0.39, 0.29) is 0 Å². The molecule has 0 aromatic carbocycles. The van der Waals surface area contributed by atoms with Crippen molar-refractivity contribution in [1.82, 2.24) is 0 Å². The van der Waals surface area contributed by atoms with E-state index in [0.717, 1.165) is 0 Å². The number of aryl methyl sites for hydroxylation is 1. The summed E-state index contributed by atoms with van der Waals surface area (Å²) in [6.45, 7) is 0.695. The summed E-state index contributed by atoms with van der Waals surface area (Å²) >= 11 is 0. The molecule has 0 aliphatic heterocycles. The van der Waals surface area contributed by atoms with Crippen LogP contribution in [0, 0.1) is 0 Å². The van der Waals surface area contributed by atoms with Crippen molar-refractivity contribution >= 4 is 5.97 Å². The maximum atomic E-state index is 10.6. The molecular weight excluding hydrogens is 239 g/mol. The van der Waals surface area contributed by atoms with Gasteiger partial charge in [0.25, 0.3) is 0 Å². The number of pyridine rings is 1. The molecule has 1 aromatic heterocycles. The van der Waals surface area contributed by atoms with E-state index in [1.807, 2.05) is 36.1 Å². The van der Waals surface area contributed by atoms with Gasteiger partial charge in [0.05, 0.1) is 6.61 Å². The van der Waals surface area contributed by atoms with Gasteiger partial charge in [-0.3, -0.25) is 0 Å². The van der Waals surface area contributed by atoms with Crippen molar-refractivity contribution in [3.05, 3.63) is 30.1 Å². The molecule has 0 aliphatic carbocycles. The highest BCUT2D eigenvalue weighted by molar-refractivity contribution is 5.73. The molecule has 96 valence electrons. The largest absolute Gasteiger partial charge is 0.490 e. The predicted octanol–water partition coefficient (Wildman–Crippen LogP) is 1.29. The summed E-state index contributed by atoms with van der Waals surface area (Å²) in [6.07, 6.45) is -1.07. The van der Waals surface area contributed by atoms with Crippen LogP contribution in [0.4, 0.5) is 13.2 Å². The Morgan fingerprint density at radius 2 is 1.82 bits per heavy atom. The number of aromatic nitrogens is 1. The smallest absolute Gasteiger partial charge is 0.475 e. The molecule has 0 amide bonds. The first-order valence-corrected chi connectivity index (χ1v) is 4.50. The zero-order chi connectivity index (χ0) is 13.5. The Morgan fingerprint density at radius 1 is 1.41 bits per heavy atom. The third-order valence-electron chi connectivity index (χ3n) is 1.60. The lowest BCUT2D eigenvalue weighted by Crippen LogP contribution is -2.25. The number of hydrogen-bond acceptors (Lipinski definition) is 2. The standard InChI is InChI=1S/C8H12NO.C2HF3O2/c1-9-5-3-8(4-6-9)7-10-2;3-2(4,5)1(6)7/h3-6H,7H2,1-2H3;(H,6,7)/q+1;. The molecule has 1 heterocycles. The lowest BCUT2D eigenvalue weighted by molar-refractivity contribution is -0.671. The van der Waals surface area contributed by atoms with Crippen LogP contribution in [0.1, 0.15) is 5.56 Å². The number of hydrogen-bond donors (Lipinski definition) is 1. The number of rotatable bonds is 2. The van der Waals surface area contributed by atoms with Crippen molar-refractivity contribution in [2.45, 2.75) is 12.8 Å². The number of carboxylic acid groups (broad SMARTS) is 1. The zero-order valence-electron chi connectivity index (χ0n) is 9.36. The second-order valence-corrected chi connectivity index (χ2v) is 3.11. The summed E-state index contributed by atoms with van der Waals surface area (Å²) < 4.78 is 38.7. The van der Waals surface area contributed by atoms with Gasteiger partial charge in [0, 0.05) is 19.2 Å². The van der Waals surface area contributed by atoms with Crippen LogP contribution < -0.4 is 4.57 Å². The number of alkyl halides is 3. The van der Waals surface area contributed by atoms with Crippen molar-refractivity contribution in [1.29, 1.82) is 0 Å². The number of carbonyl (C=O) groups is 1. The van der Waals surface area contributed by atoms with Crippen LogP contribution in [0.25, 0.3) is 0 Å². The quantitative estimate of drug-likeness (QED) is 0.807. The first-order valence-electron chi connectivity index (χ1n) is 4.50. The minimum absolute atomic E-state index is 0.695. The van der Waals surface area contributed by atoms with Gasteiger partial charge >= 0.3 is 12.1 Å². The molecule has 1 aromatic rings. The van der Waals surface area contributed by atoms with Crippen LogP contribution in [0.2, 0.25) is 0 Å². The molecule has 0 spiro atoms. The Kier molecular flexibility index (Phi) is 6.19. The van der Waals surface area contributed by atoms with Crippen molar-refractivity contribution in [2.24, 2.45) is 7.05 Å². The van der Waals surface area contributed by atoms with Crippen LogP contribution in [-0.4, -0.2) is 24.4 Å². The Labute approximate surface area is 96.3 Å². The predicted molar refractivity (Wildman–Crippen MR) is 52.0 cm³/mol. The van der Waals surface area contributed by atoms with E-state index in [1.54, 1.807) is 7.11 Å². The highest BCUT2D eigenvalue weighted by atomic mass is 19.4. The topological polar surface area (TPSA) is 50.4 Å². The van der Waals surface area contributed by atoms with Gasteiger partial charge in [-0.1, -0.05) is 0 Å². The number of carboxylic acids is 1. The van der Waals surface area contributed by atoms with E-state index in [1.165, 1.54) is 5.56 Å². The third-order valence-corrected chi connectivity index (χ3v) is 1.60. The fourth-order valence-corrected chi connectivity index (χ4v) is 0.795. The first-order chi connectivity index (χ1) is 7.77. The number of ether oxygens (including phenoxy) is 1. The van der Waals surface area contributed by atoms with Gasteiger partial charge in [-0.2, -0.15) is 13.2 Å². The van der Waals surface area contributed by atoms with Crippen LogP contribution in [0.15, 0.2) is 24.5 Å². The van der Waals surface area contributed by atoms with E-state index in [4.69, 9.17) is 14.6 Å². The number of nitrogens with zero attached hydrogens (tertiary/aromatic N) is 1. The maximum Gasteiger partial charge on any atom is 0.490 e. The van der Waals surface area contributed by atoms with E-state index >= 15 is 0 Å². The lowest BCUT2D eigenvalue weighted by Gasteiger charge is -1.95. The number of halogens is 3. The van der Waals surface area contributed by atoms with Crippen LogP contribution in [0.5, 0.6) is 0 Å². The normalized spacial score (nSPS) is 10.4. The molecule has 0 saturated heterocycles. The third kappa shape index (κ3) is 7.29.